The zero-order chi connectivity index (χ0) is 15.1. The van der Waals surface area contributed by atoms with Crippen LogP contribution in [0.15, 0.2) is 18.2 Å². The van der Waals surface area contributed by atoms with Crippen molar-refractivity contribution in [2.24, 2.45) is 0 Å². The monoisotopic (exact) mass is 291 g/mol. The molecule has 3 N–H and O–H groups in total. The molecule has 21 heavy (non-hydrogen) atoms. The number of anilines is 2. The van der Waals surface area contributed by atoms with Crippen molar-refractivity contribution in [2.75, 3.05) is 43.5 Å². The Hall–Kier alpha value is -1.75. The van der Waals surface area contributed by atoms with Crippen molar-refractivity contribution >= 4 is 17.3 Å². The minimum atomic E-state index is 0.104. The first-order chi connectivity index (χ1) is 10.2. The second-order valence-corrected chi connectivity index (χ2v) is 5.34. The highest BCUT2D eigenvalue weighted by Gasteiger charge is 2.14. The van der Waals surface area contributed by atoms with Crippen LogP contribution in [0, 0.1) is 0 Å². The third-order valence-corrected chi connectivity index (χ3v) is 3.66. The van der Waals surface area contributed by atoms with Gasteiger partial charge in [-0.2, -0.15) is 0 Å². The molecule has 0 aromatic heterocycles. The van der Waals surface area contributed by atoms with Gasteiger partial charge in [-0.3, -0.25) is 4.79 Å². The minimum absolute atomic E-state index is 0.104. The van der Waals surface area contributed by atoms with Crippen LogP contribution in [-0.2, 0) is 16.0 Å². The van der Waals surface area contributed by atoms with Gasteiger partial charge < -0.3 is 20.7 Å². The Labute approximate surface area is 126 Å². The van der Waals surface area contributed by atoms with Crippen LogP contribution in [0.25, 0.3) is 0 Å². The number of carbonyl (C=O) groups is 1. The molecule has 1 heterocycles. The number of hydrogen-bond donors (Lipinski definition) is 2. The maximum atomic E-state index is 11.6. The number of benzene rings is 1. The van der Waals surface area contributed by atoms with E-state index in [9.17, 15) is 4.79 Å². The predicted molar refractivity (Wildman–Crippen MR) is 85.5 cm³/mol. The van der Waals surface area contributed by atoms with Gasteiger partial charge in [-0.1, -0.05) is 13.0 Å². The lowest BCUT2D eigenvalue weighted by Gasteiger charge is -2.30. The van der Waals surface area contributed by atoms with Crippen molar-refractivity contribution in [2.45, 2.75) is 26.2 Å². The van der Waals surface area contributed by atoms with Crippen molar-refractivity contribution in [3.63, 3.8) is 0 Å². The van der Waals surface area contributed by atoms with Crippen molar-refractivity contribution < 1.29 is 9.53 Å². The molecule has 1 aromatic rings. The fraction of sp³-hybridized carbons (Fsp3) is 0.562. The molecule has 1 saturated heterocycles. The zero-order valence-corrected chi connectivity index (χ0v) is 12.7. The SMILES string of the molecule is CCCNC(=O)CCc1ccc(N2CCOCC2)c(N)c1. The molecule has 1 aliphatic heterocycles. The van der Waals surface area contributed by atoms with E-state index in [1.807, 2.05) is 13.0 Å². The first-order valence-electron chi connectivity index (χ1n) is 7.68. The standard InChI is InChI=1S/C16H25N3O2/c1-2-7-18-16(20)6-4-13-3-5-15(14(17)12-13)19-8-10-21-11-9-19/h3,5,12H,2,4,6-11,17H2,1H3,(H,18,20). The summed E-state index contributed by atoms with van der Waals surface area (Å²) in [4.78, 5) is 13.9. The Morgan fingerprint density at radius 2 is 2.14 bits per heavy atom. The van der Waals surface area contributed by atoms with E-state index in [2.05, 4.69) is 22.3 Å². The van der Waals surface area contributed by atoms with Crippen LogP contribution in [0.1, 0.15) is 25.3 Å². The number of nitrogen functional groups attached to an aromatic ring is 1. The maximum absolute atomic E-state index is 11.6. The summed E-state index contributed by atoms with van der Waals surface area (Å²) in [6.45, 7) is 6.05. The summed E-state index contributed by atoms with van der Waals surface area (Å²) in [6, 6.07) is 6.10. The zero-order valence-electron chi connectivity index (χ0n) is 12.7. The number of rotatable bonds is 6. The summed E-state index contributed by atoms with van der Waals surface area (Å²) in [7, 11) is 0. The molecule has 1 aromatic carbocycles. The Morgan fingerprint density at radius 1 is 1.38 bits per heavy atom. The maximum Gasteiger partial charge on any atom is 0.220 e. The Kier molecular flexibility index (Phi) is 5.87. The molecular formula is C16H25N3O2. The van der Waals surface area contributed by atoms with Crippen LogP contribution in [0.4, 0.5) is 11.4 Å². The van der Waals surface area contributed by atoms with Gasteiger partial charge >= 0.3 is 0 Å². The van der Waals surface area contributed by atoms with Crippen LogP contribution >= 0.6 is 0 Å². The average Bonchev–Trinajstić information content (AvgIpc) is 2.52. The molecule has 5 nitrogen and oxygen atoms in total. The van der Waals surface area contributed by atoms with E-state index in [-0.39, 0.29) is 5.91 Å². The van der Waals surface area contributed by atoms with Crippen molar-refractivity contribution in [1.82, 2.24) is 5.32 Å². The number of aryl methyl sites for hydroxylation is 1. The van der Waals surface area contributed by atoms with Gasteiger partial charge in [0.05, 0.1) is 24.6 Å². The highest BCUT2D eigenvalue weighted by Crippen LogP contribution is 2.25. The first kappa shape index (κ1) is 15.6. The van der Waals surface area contributed by atoms with E-state index >= 15 is 0 Å². The van der Waals surface area contributed by atoms with Crippen LogP contribution in [0.2, 0.25) is 0 Å². The van der Waals surface area contributed by atoms with E-state index in [0.29, 0.717) is 6.42 Å². The molecular weight excluding hydrogens is 266 g/mol. The first-order valence-corrected chi connectivity index (χ1v) is 7.68. The quantitative estimate of drug-likeness (QED) is 0.781. The van der Waals surface area contributed by atoms with Gasteiger partial charge in [-0.05, 0) is 30.5 Å². The van der Waals surface area contributed by atoms with E-state index in [1.165, 1.54) is 0 Å². The molecule has 1 amide bonds. The van der Waals surface area contributed by atoms with Crippen molar-refractivity contribution in [1.29, 1.82) is 0 Å². The topological polar surface area (TPSA) is 67.6 Å². The second kappa shape index (κ2) is 7.88. The summed E-state index contributed by atoms with van der Waals surface area (Å²) < 4.78 is 5.35. The molecule has 0 unspecified atom stereocenters. The molecule has 1 fully saturated rings. The minimum Gasteiger partial charge on any atom is -0.397 e. The van der Waals surface area contributed by atoms with Gasteiger partial charge in [0.15, 0.2) is 0 Å². The molecule has 116 valence electrons. The Balaban J connectivity index is 1.90. The predicted octanol–water partition coefficient (Wildman–Crippen LogP) is 1.56. The van der Waals surface area contributed by atoms with Crippen LogP contribution < -0.4 is 16.0 Å². The van der Waals surface area contributed by atoms with Crippen LogP contribution in [0.3, 0.4) is 0 Å². The molecule has 0 radical (unpaired) electrons. The molecule has 5 heteroatoms. The molecule has 1 aliphatic rings. The smallest absolute Gasteiger partial charge is 0.220 e. The lowest BCUT2D eigenvalue weighted by Crippen LogP contribution is -2.36. The Bertz CT molecular complexity index is 471. The third kappa shape index (κ3) is 4.63. The van der Waals surface area contributed by atoms with Crippen molar-refractivity contribution in [3.8, 4) is 0 Å². The van der Waals surface area contributed by atoms with Gasteiger partial charge in [0.1, 0.15) is 0 Å². The summed E-state index contributed by atoms with van der Waals surface area (Å²) in [6.07, 6.45) is 2.20. The van der Waals surface area contributed by atoms with Gasteiger partial charge in [-0.15, -0.1) is 0 Å². The molecule has 0 bridgehead atoms. The van der Waals surface area contributed by atoms with Crippen LogP contribution in [0.5, 0.6) is 0 Å². The molecule has 2 rings (SSSR count). The van der Waals surface area contributed by atoms with Crippen molar-refractivity contribution in [3.05, 3.63) is 23.8 Å². The number of nitrogens with two attached hydrogens (primary N) is 1. The summed E-state index contributed by atoms with van der Waals surface area (Å²) in [5.41, 5.74) is 9.11. The van der Waals surface area contributed by atoms with Gasteiger partial charge in [0.25, 0.3) is 0 Å². The fourth-order valence-electron chi connectivity index (χ4n) is 2.46. The van der Waals surface area contributed by atoms with Crippen LogP contribution in [-0.4, -0.2) is 38.8 Å². The highest BCUT2D eigenvalue weighted by molar-refractivity contribution is 5.76. The largest absolute Gasteiger partial charge is 0.397 e. The number of hydrogen-bond acceptors (Lipinski definition) is 4. The summed E-state index contributed by atoms with van der Waals surface area (Å²) >= 11 is 0. The number of nitrogens with zero attached hydrogens (tertiary/aromatic N) is 1. The number of nitrogens with one attached hydrogen (secondary N) is 1. The lowest BCUT2D eigenvalue weighted by atomic mass is 10.1. The summed E-state index contributed by atoms with van der Waals surface area (Å²) in [5.74, 6) is 0.104. The van der Waals surface area contributed by atoms with E-state index in [0.717, 1.165) is 62.6 Å². The third-order valence-electron chi connectivity index (χ3n) is 3.66. The second-order valence-electron chi connectivity index (χ2n) is 5.34. The lowest BCUT2D eigenvalue weighted by molar-refractivity contribution is -0.121. The Morgan fingerprint density at radius 3 is 2.81 bits per heavy atom. The van der Waals surface area contributed by atoms with Gasteiger partial charge in [0, 0.05) is 26.1 Å². The molecule has 0 atom stereocenters. The van der Waals surface area contributed by atoms with E-state index in [1.54, 1.807) is 0 Å². The van der Waals surface area contributed by atoms with Gasteiger partial charge in [0.2, 0.25) is 5.91 Å². The number of morpholine rings is 1. The molecule has 0 saturated carbocycles. The van der Waals surface area contributed by atoms with E-state index in [4.69, 9.17) is 10.5 Å². The number of ether oxygens (including phenoxy) is 1. The summed E-state index contributed by atoms with van der Waals surface area (Å²) in [5, 5.41) is 2.89. The normalized spacial score (nSPS) is 15.0. The van der Waals surface area contributed by atoms with Gasteiger partial charge in [-0.25, -0.2) is 0 Å². The fourth-order valence-corrected chi connectivity index (χ4v) is 2.46. The number of amides is 1. The highest BCUT2D eigenvalue weighted by atomic mass is 16.5. The van der Waals surface area contributed by atoms with E-state index < -0.39 is 0 Å². The average molecular weight is 291 g/mol. The number of carbonyl (C=O) groups excluding carboxylic acids is 1. The molecule has 0 aliphatic carbocycles. The molecule has 0 spiro atoms.